The van der Waals surface area contributed by atoms with Gasteiger partial charge >= 0.3 is 5.97 Å². The maximum atomic E-state index is 11.2. The number of hydrogen-bond acceptors (Lipinski definition) is 8. The number of ether oxygens (including phenoxy) is 1. The van der Waals surface area contributed by atoms with Crippen molar-refractivity contribution in [2.45, 2.75) is 26.7 Å². The number of aryl methyl sites for hydroxylation is 2. The quantitative estimate of drug-likeness (QED) is 0.142. The molecule has 138 valence electrons. The molecule has 1 heterocycles. The molecule has 10 heteroatoms. The smallest absolute Gasteiger partial charge is 0.308 e. The molecule has 0 aliphatic heterocycles. The Balaban J connectivity index is 2.13. The summed E-state index contributed by atoms with van der Waals surface area (Å²) in [5.74, 6) is 0.0556. The van der Waals surface area contributed by atoms with Crippen molar-refractivity contribution in [3.05, 3.63) is 50.5 Å². The molecule has 0 spiro atoms. The average Bonchev–Trinajstić information content (AvgIpc) is 2.90. The third-order valence-electron chi connectivity index (χ3n) is 3.26. The summed E-state index contributed by atoms with van der Waals surface area (Å²) in [6, 6.07) is 6.83. The van der Waals surface area contributed by atoms with Gasteiger partial charge in [-0.25, -0.2) is 9.98 Å². The Bertz CT molecular complexity index is 834. The Labute approximate surface area is 153 Å². The molecule has 2 N–H and O–H groups in total. The van der Waals surface area contributed by atoms with E-state index in [1.54, 1.807) is 24.3 Å². The van der Waals surface area contributed by atoms with Gasteiger partial charge in [0.15, 0.2) is 0 Å². The summed E-state index contributed by atoms with van der Waals surface area (Å²) in [5.41, 5.74) is 7.33. The van der Waals surface area contributed by atoms with Crippen LogP contribution < -0.4 is 10.5 Å². The molecule has 1 aromatic heterocycles. The number of esters is 1. The number of aliphatic imine (C=N–C) groups is 1. The highest BCUT2D eigenvalue weighted by molar-refractivity contribution is 7.15. The second-order valence-corrected chi connectivity index (χ2v) is 6.31. The van der Waals surface area contributed by atoms with Crippen LogP contribution in [0.15, 0.2) is 29.3 Å². The van der Waals surface area contributed by atoms with Gasteiger partial charge in [0.1, 0.15) is 11.6 Å². The number of aromatic nitrogens is 1. The topological polar surface area (TPSA) is 130 Å². The first-order chi connectivity index (χ1) is 12.4. The SMILES string of the molecule is CC(=O)Oc1ccccc1/C(N)=N/c1nc(C)c(CCCO[N+](=O)[O-])s1. The Kier molecular flexibility index (Phi) is 6.61. The third-order valence-corrected chi connectivity index (χ3v) is 4.37. The van der Waals surface area contributed by atoms with E-state index in [1.807, 2.05) is 6.92 Å². The molecule has 0 bridgehead atoms. The zero-order valence-electron chi connectivity index (χ0n) is 14.3. The van der Waals surface area contributed by atoms with Crippen LogP contribution in [-0.4, -0.2) is 28.5 Å². The van der Waals surface area contributed by atoms with Gasteiger partial charge in [-0.1, -0.05) is 23.5 Å². The predicted molar refractivity (Wildman–Crippen MR) is 96.3 cm³/mol. The largest absolute Gasteiger partial charge is 0.426 e. The fourth-order valence-corrected chi connectivity index (χ4v) is 3.14. The zero-order chi connectivity index (χ0) is 19.1. The summed E-state index contributed by atoms with van der Waals surface area (Å²) in [6.45, 7) is 3.17. The fraction of sp³-hybridized carbons (Fsp3) is 0.312. The van der Waals surface area contributed by atoms with Crippen LogP contribution in [0.5, 0.6) is 5.75 Å². The third kappa shape index (κ3) is 5.52. The van der Waals surface area contributed by atoms with Gasteiger partial charge in [0.2, 0.25) is 5.13 Å². The van der Waals surface area contributed by atoms with Crippen LogP contribution in [0.3, 0.4) is 0 Å². The summed E-state index contributed by atoms with van der Waals surface area (Å²) in [4.78, 5) is 35.2. The maximum absolute atomic E-state index is 11.2. The molecule has 26 heavy (non-hydrogen) atoms. The van der Waals surface area contributed by atoms with E-state index in [0.29, 0.717) is 29.3 Å². The van der Waals surface area contributed by atoms with Gasteiger partial charge in [-0.05, 0) is 31.9 Å². The van der Waals surface area contributed by atoms with Gasteiger partial charge in [0, 0.05) is 11.8 Å². The number of hydrogen-bond donors (Lipinski definition) is 1. The molecular weight excluding hydrogens is 360 g/mol. The molecule has 0 saturated heterocycles. The first kappa shape index (κ1) is 19.3. The van der Waals surface area contributed by atoms with E-state index >= 15 is 0 Å². The highest BCUT2D eigenvalue weighted by Crippen LogP contribution is 2.27. The van der Waals surface area contributed by atoms with Crippen molar-refractivity contribution in [3.8, 4) is 5.75 Å². The molecular formula is C16H18N4O5S. The van der Waals surface area contributed by atoms with Gasteiger partial charge < -0.3 is 15.3 Å². The van der Waals surface area contributed by atoms with Gasteiger partial charge in [-0.3, -0.25) is 4.79 Å². The molecule has 0 saturated carbocycles. The van der Waals surface area contributed by atoms with Crippen LogP contribution in [0.1, 0.15) is 29.5 Å². The number of carbonyl (C=O) groups is 1. The van der Waals surface area contributed by atoms with E-state index in [2.05, 4.69) is 14.8 Å². The van der Waals surface area contributed by atoms with Crippen LogP contribution in [0.25, 0.3) is 0 Å². The van der Waals surface area contributed by atoms with E-state index < -0.39 is 11.1 Å². The van der Waals surface area contributed by atoms with Crippen LogP contribution in [-0.2, 0) is 16.1 Å². The molecule has 0 atom stereocenters. The number of amidine groups is 1. The lowest BCUT2D eigenvalue weighted by atomic mass is 10.2. The Morgan fingerprint density at radius 3 is 2.85 bits per heavy atom. The lowest BCUT2D eigenvalue weighted by Crippen LogP contribution is -2.15. The van der Waals surface area contributed by atoms with Crippen molar-refractivity contribution in [2.75, 3.05) is 6.61 Å². The molecule has 9 nitrogen and oxygen atoms in total. The van der Waals surface area contributed by atoms with Crippen molar-refractivity contribution in [3.63, 3.8) is 0 Å². The van der Waals surface area contributed by atoms with Crippen LogP contribution >= 0.6 is 11.3 Å². The summed E-state index contributed by atoms with van der Waals surface area (Å²) in [7, 11) is 0. The summed E-state index contributed by atoms with van der Waals surface area (Å²) < 4.78 is 5.13. The number of rotatable bonds is 8. The monoisotopic (exact) mass is 378 g/mol. The van der Waals surface area contributed by atoms with Crippen LogP contribution in [0.2, 0.25) is 0 Å². The fourth-order valence-electron chi connectivity index (χ4n) is 2.15. The molecule has 0 fully saturated rings. The molecule has 2 rings (SSSR count). The Hall–Kier alpha value is -3.01. The van der Waals surface area contributed by atoms with Gasteiger partial charge in [-0.2, -0.15) is 0 Å². The van der Waals surface area contributed by atoms with Crippen LogP contribution in [0, 0.1) is 17.0 Å². The van der Waals surface area contributed by atoms with Crippen molar-refractivity contribution in [1.82, 2.24) is 4.98 Å². The molecule has 0 aliphatic rings. The molecule has 1 aromatic carbocycles. The van der Waals surface area contributed by atoms with E-state index in [1.165, 1.54) is 18.3 Å². The zero-order valence-corrected chi connectivity index (χ0v) is 15.1. The first-order valence-corrected chi connectivity index (χ1v) is 8.54. The van der Waals surface area contributed by atoms with Crippen molar-refractivity contribution in [2.24, 2.45) is 10.7 Å². The minimum atomic E-state index is -0.809. The van der Waals surface area contributed by atoms with Gasteiger partial charge in [0.05, 0.1) is 17.9 Å². The highest BCUT2D eigenvalue weighted by atomic mass is 32.1. The maximum Gasteiger partial charge on any atom is 0.308 e. The Morgan fingerprint density at radius 1 is 1.42 bits per heavy atom. The number of thiazole rings is 1. The summed E-state index contributed by atoms with van der Waals surface area (Å²) in [6.07, 6.45) is 1.09. The molecule has 0 amide bonds. The number of nitrogens with two attached hydrogens (primary N) is 1. The second kappa shape index (κ2) is 8.90. The second-order valence-electron chi connectivity index (χ2n) is 5.25. The average molecular weight is 378 g/mol. The van der Waals surface area contributed by atoms with E-state index in [9.17, 15) is 14.9 Å². The highest BCUT2D eigenvalue weighted by Gasteiger charge is 2.12. The number of benzene rings is 1. The Morgan fingerprint density at radius 2 is 2.15 bits per heavy atom. The van der Waals surface area contributed by atoms with Crippen LogP contribution in [0.4, 0.5) is 5.13 Å². The standard InChI is InChI=1S/C16H18N4O5S/c1-10-14(8-5-9-24-20(22)23)26-16(18-10)19-15(17)12-6-3-4-7-13(12)25-11(2)21/h3-4,6-7H,5,8-9H2,1-2H3,(H2,17,18,19). The first-order valence-electron chi connectivity index (χ1n) is 7.72. The predicted octanol–water partition coefficient (Wildman–Crippen LogP) is 2.55. The van der Waals surface area contributed by atoms with Gasteiger partial charge in [-0.15, -0.1) is 10.1 Å². The number of para-hydroxylation sites is 1. The lowest BCUT2D eigenvalue weighted by Gasteiger charge is -2.07. The minimum Gasteiger partial charge on any atom is -0.426 e. The van der Waals surface area contributed by atoms with E-state index in [4.69, 9.17) is 10.5 Å². The molecule has 0 aliphatic carbocycles. The van der Waals surface area contributed by atoms with E-state index in [-0.39, 0.29) is 12.4 Å². The van der Waals surface area contributed by atoms with Gasteiger partial charge in [0.25, 0.3) is 5.09 Å². The van der Waals surface area contributed by atoms with Crippen molar-refractivity contribution < 1.29 is 19.5 Å². The molecule has 0 unspecified atom stereocenters. The van der Waals surface area contributed by atoms with E-state index in [0.717, 1.165) is 10.6 Å². The van der Waals surface area contributed by atoms with Crippen molar-refractivity contribution in [1.29, 1.82) is 0 Å². The summed E-state index contributed by atoms with van der Waals surface area (Å²) >= 11 is 1.35. The molecule has 2 aromatic rings. The lowest BCUT2D eigenvalue weighted by molar-refractivity contribution is -0.757. The minimum absolute atomic E-state index is 0.0286. The summed E-state index contributed by atoms with van der Waals surface area (Å²) in [5, 5.41) is 9.79. The number of carbonyl (C=O) groups excluding carboxylic acids is 1. The number of nitrogens with zero attached hydrogens (tertiary/aromatic N) is 3. The normalized spacial score (nSPS) is 11.2. The molecule has 0 radical (unpaired) electrons. The van der Waals surface area contributed by atoms with Crippen molar-refractivity contribution >= 4 is 28.3 Å².